The second kappa shape index (κ2) is 6.13. The van der Waals surface area contributed by atoms with E-state index < -0.39 is 0 Å². The van der Waals surface area contributed by atoms with Crippen molar-refractivity contribution in [2.24, 2.45) is 0 Å². The van der Waals surface area contributed by atoms with Gasteiger partial charge in [-0.1, -0.05) is 0 Å². The highest BCUT2D eigenvalue weighted by molar-refractivity contribution is 14.1. The molecule has 0 heterocycles. The zero-order valence-corrected chi connectivity index (χ0v) is 13.4. The lowest BCUT2D eigenvalue weighted by atomic mass is 10.2. The number of benzene rings is 2. The van der Waals surface area contributed by atoms with E-state index in [1.54, 1.807) is 24.1 Å². The number of anilines is 3. The fourth-order valence-electron chi connectivity index (χ4n) is 1.96. The quantitative estimate of drug-likeness (QED) is 0.653. The molecule has 0 aliphatic rings. The fourth-order valence-corrected chi connectivity index (χ4v) is 2.32. The van der Waals surface area contributed by atoms with E-state index in [2.05, 4.69) is 22.6 Å². The molecule has 0 bridgehead atoms. The molecular weight excluding hydrogens is 367 g/mol. The number of nitrogen functional groups attached to an aromatic ring is 1. The summed E-state index contributed by atoms with van der Waals surface area (Å²) in [7, 11) is 1.56. The first-order valence-corrected chi connectivity index (χ1v) is 7.10. The number of carbonyl (C=O) groups is 1. The van der Waals surface area contributed by atoms with Gasteiger partial charge in [0.15, 0.2) is 0 Å². The Hall–Kier alpha value is -1.76. The van der Waals surface area contributed by atoms with Crippen LogP contribution in [0.3, 0.4) is 0 Å². The van der Waals surface area contributed by atoms with E-state index in [4.69, 9.17) is 10.5 Å². The molecule has 2 aromatic carbocycles. The SMILES string of the molecule is COc1ccc(N(C(C)=O)c2ccc(I)cc2)cc1N. The minimum absolute atomic E-state index is 0.0734. The highest BCUT2D eigenvalue weighted by Crippen LogP contribution is 2.31. The molecule has 4 nitrogen and oxygen atoms in total. The Labute approximate surface area is 131 Å². The Morgan fingerprint density at radius 3 is 2.25 bits per heavy atom. The van der Waals surface area contributed by atoms with Crippen molar-refractivity contribution in [1.29, 1.82) is 0 Å². The van der Waals surface area contributed by atoms with Gasteiger partial charge in [0.1, 0.15) is 5.75 Å². The molecule has 1 amide bonds. The van der Waals surface area contributed by atoms with Crippen molar-refractivity contribution in [2.45, 2.75) is 6.92 Å². The van der Waals surface area contributed by atoms with Gasteiger partial charge in [-0.25, -0.2) is 0 Å². The number of nitrogens with two attached hydrogens (primary N) is 1. The lowest BCUT2D eigenvalue weighted by molar-refractivity contribution is -0.115. The Morgan fingerprint density at radius 1 is 1.15 bits per heavy atom. The van der Waals surface area contributed by atoms with Crippen LogP contribution >= 0.6 is 22.6 Å². The third-order valence-electron chi connectivity index (χ3n) is 2.87. The number of hydrogen-bond acceptors (Lipinski definition) is 3. The van der Waals surface area contributed by atoms with Gasteiger partial charge in [-0.3, -0.25) is 9.69 Å². The van der Waals surface area contributed by atoms with E-state index >= 15 is 0 Å². The van der Waals surface area contributed by atoms with Crippen molar-refractivity contribution < 1.29 is 9.53 Å². The Balaban J connectivity index is 2.46. The van der Waals surface area contributed by atoms with Crippen LogP contribution in [-0.2, 0) is 4.79 Å². The smallest absolute Gasteiger partial charge is 0.228 e. The summed E-state index contributed by atoms with van der Waals surface area (Å²) in [4.78, 5) is 13.6. The minimum atomic E-state index is -0.0734. The Kier molecular flexibility index (Phi) is 4.49. The molecule has 2 rings (SSSR count). The summed E-state index contributed by atoms with van der Waals surface area (Å²) in [5.41, 5.74) is 7.94. The maximum atomic E-state index is 11.9. The first-order chi connectivity index (χ1) is 9.52. The summed E-state index contributed by atoms with van der Waals surface area (Å²) in [5.74, 6) is 0.524. The number of carbonyl (C=O) groups excluding carboxylic acids is 1. The van der Waals surface area contributed by atoms with E-state index in [9.17, 15) is 4.79 Å². The van der Waals surface area contributed by atoms with Gasteiger partial charge in [-0.15, -0.1) is 0 Å². The van der Waals surface area contributed by atoms with Gasteiger partial charge in [-0.05, 0) is 65.1 Å². The molecule has 0 saturated carbocycles. The number of halogens is 1. The van der Waals surface area contributed by atoms with Crippen LogP contribution in [0.1, 0.15) is 6.92 Å². The molecule has 0 aromatic heterocycles. The van der Waals surface area contributed by atoms with E-state index in [1.807, 2.05) is 30.3 Å². The molecule has 2 aromatic rings. The molecule has 0 fully saturated rings. The van der Waals surface area contributed by atoms with Gasteiger partial charge in [0.05, 0.1) is 18.5 Å². The zero-order valence-electron chi connectivity index (χ0n) is 11.3. The van der Waals surface area contributed by atoms with E-state index in [1.165, 1.54) is 6.92 Å². The average molecular weight is 382 g/mol. The zero-order chi connectivity index (χ0) is 14.7. The van der Waals surface area contributed by atoms with Crippen LogP contribution in [0.5, 0.6) is 5.75 Å². The lowest BCUT2D eigenvalue weighted by Crippen LogP contribution is -2.22. The van der Waals surface area contributed by atoms with Crippen LogP contribution in [0.25, 0.3) is 0 Å². The van der Waals surface area contributed by atoms with Crippen molar-refractivity contribution in [1.82, 2.24) is 0 Å². The average Bonchev–Trinajstić information content (AvgIpc) is 2.41. The standard InChI is InChI=1S/C15H15IN2O2/c1-10(19)18(12-5-3-11(16)4-6-12)13-7-8-15(20-2)14(17)9-13/h3-9H,17H2,1-2H3. The molecule has 0 aliphatic carbocycles. The highest BCUT2D eigenvalue weighted by atomic mass is 127. The molecular formula is C15H15IN2O2. The number of ether oxygens (including phenoxy) is 1. The third-order valence-corrected chi connectivity index (χ3v) is 3.59. The molecule has 104 valence electrons. The molecule has 0 spiro atoms. The van der Waals surface area contributed by atoms with Crippen molar-refractivity contribution >= 4 is 45.6 Å². The van der Waals surface area contributed by atoms with Crippen molar-refractivity contribution in [3.8, 4) is 5.75 Å². The van der Waals surface area contributed by atoms with Crippen LogP contribution in [-0.4, -0.2) is 13.0 Å². The minimum Gasteiger partial charge on any atom is -0.495 e. The molecule has 0 unspecified atom stereocenters. The first-order valence-electron chi connectivity index (χ1n) is 6.02. The first kappa shape index (κ1) is 14.6. The molecule has 0 atom stereocenters. The molecule has 0 radical (unpaired) electrons. The highest BCUT2D eigenvalue weighted by Gasteiger charge is 2.15. The monoisotopic (exact) mass is 382 g/mol. The largest absolute Gasteiger partial charge is 0.495 e. The molecule has 20 heavy (non-hydrogen) atoms. The van der Waals surface area contributed by atoms with E-state index in [0.29, 0.717) is 11.4 Å². The number of methoxy groups -OCH3 is 1. The molecule has 5 heteroatoms. The van der Waals surface area contributed by atoms with Crippen LogP contribution in [0.15, 0.2) is 42.5 Å². The van der Waals surface area contributed by atoms with Gasteiger partial charge in [0.25, 0.3) is 0 Å². The van der Waals surface area contributed by atoms with Gasteiger partial charge in [-0.2, -0.15) is 0 Å². The summed E-state index contributed by atoms with van der Waals surface area (Å²) in [5, 5.41) is 0. The van der Waals surface area contributed by atoms with Crippen LogP contribution < -0.4 is 15.4 Å². The predicted octanol–water partition coefficient (Wildman–Crippen LogP) is 3.57. The Morgan fingerprint density at radius 2 is 1.75 bits per heavy atom. The normalized spacial score (nSPS) is 10.2. The van der Waals surface area contributed by atoms with Crippen molar-refractivity contribution in [3.05, 3.63) is 46.0 Å². The molecule has 0 saturated heterocycles. The predicted molar refractivity (Wildman–Crippen MR) is 89.4 cm³/mol. The Bertz CT molecular complexity index is 626. The topological polar surface area (TPSA) is 55.6 Å². The van der Waals surface area contributed by atoms with E-state index in [0.717, 1.165) is 14.9 Å². The number of amides is 1. The van der Waals surface area contributed by atoms with Gasteiger partial charge >= 0.3 is 0 Å². The van der Waals surface area contributed by atoms with Crippen molar-refractivity contribution in [2.75, 3.05) is 17.7 Å². The summed E-state index contributed by atoms with van der Waals surface area (Å²) in [6, 6.07) is 13.0. The maximum absolute atomic E-state index is 11.9. The summed E-state index contributed by atoms with van der Waals surface area (Å²) < 4.78 is 6.25. The number of rotatable bonds is 3. The summed E-state index contributed by atoms with van der Waals surface area (Å²) in [6.07, 6.45) is 0. The maximum Gasteiger partial charge on any atom is 0.228 e. The molecule has 0 aliphatic heterocycles. The summed E-state index contributed by atoms with van der Waals surface area (Å²) in [6.45, 7) is 1.53. The second-order valence-corrected chi connectivity index (χ2v) is 5.50. The van der Waals surface area contributed by atoms with Crippen LogP contribution in [0.2, 0.25) is 0 Å². The third kappa shape index (κ3) is 3.04. The van der Waals surface area contributed by atoms with Gasteiger partial charge in [0.2, 0.25) is 5.91 Å². The van der Waals surface area contributed by atoms with Crippen LogP contribution in [0, 0.1) is 3.57 Å². The second-order valence-electron chi connectivity index (χ2n) is 4.26. The molecule has 2 N–H and O–H groups in total. The lowest BCUT2D eigenvalue weighted by Gasteiger charge is -2.22. The fraction of sp³-hybridized carbons (Fsp3) is 0.133. The van der Waals surface area contributed by atoms with Gasteiger partial charge < -0.3 is 10.5 Å². The van der Waals surface area contributed by atoms with Gasteiger partial charge in [0, 0.05) is 16.2 Å². The summed E-state index contributed by atoms with van der Waals surface area (Å²) >= 11 is 2.23. The number of nitrogens with zero attached hydrogens (tertiary/aromatic N) is 1. The van der Waals surface area contributed by atoms with Crippen molar-refractivity contribution in [3.63, 3.8) is 0 Å². The van der Waals surface area contributed by atoms with Crippen LogP contribution in [0.4, 0.5) is 17.1 Å². The number of hydrogen-bond donors (Lipinski definition) is 1. The van der Waals surface area contributed by atoms with E-state index in [-0.39, 0.29) is 5.91 Å².